The number of carboxylic acids is 1. The van der Waals surface area contributed by atoms with Crippen LogP contribution in [0.1, 0.15) is 20.8 Å². The summed E-state index contributed by atoms with van der Waals surface area (Å²) in [6, 6.07) is 3.67. The van der Waals surface area contributed by atoms with Crippen molar-refractivity contribution in [3.63, 3.8) is 0 Å². The molecule has 0 bridgehead atoms. The average Bonchev–Trinajstić information content (AvgIpc) is 3.04. The van der Waals surface area contributed by atoms with E-state index >= 15 is 0 Å². The van der Waals surface area contributed by atoms with Gasteiger partial charge >= 0.3 is 5.97 Å². The zero-order chi connectivity index (χ0) is 13.7. The number of hydrogen-bond acceptors (Lipinski definition) is 4. The van der Waals surface area contributed by atoms with E-state index in [2.05, 4.69) is 5.32 Å². The lowest BCUT2D eigenvalue weighted by molar-refractivity contribution is -0.131. The Kier molecular flexibility index (Phi) is 4.48. The fourth-order valence-electron chi connectivity index (χ4n) is 1.45. The van der Waals surface area contributed by atoms with Gasteiger partial charge in [0.2, 0.25) is 0 Å². The van der Waals surface area contributed by atoms with Gasteiger partial charge in [-0.2, -0.15) is 11.3 Å². The van der Waals surface area contributed by atoms with Crippen molar-refractivity contribution in [2.45, 2.75) is 6.54 Å². The second kappa shape index (κ2) is 6.31. The van der Waals surface area contributed by atoms with Gasteiger partial charge in [0.05, 0.1) is 4.88 Å². The number of nitrogens with one attached hydrogen (secondary N) is 1. The maximum Gasteiger partial charge on any atom is 0.328 e. The molecule has 0 aliphatic rings. The fourth-order valence-corrected chi connectivity index (χ4v) is 2.92. The third-order valence-corrected chi connectivity index (χ3v) is 4.00. The quantitative estimate of drug-likeness (QED) is 0.833. The van der Waals surface area contributed by atoms with Crippen molar-refractivity contribution in [1.29, 1.82) is 0 Å². The van der Waals surface area contributed by atoms with Crippen LogP contribution in [0.15, 0.2) is 34.3 Å². The van der Waals surface area contributed by atoms with E-state index in [0.29, 0.717) is 17.0 Å². The van der Waals surface area contributed by atoms with E-state index < -0.39 is 5.97 Å². The highest BCUT2D eigenvalue weighted by Crippen LogP contribution is 2.18. The summed E-state index contributed by atoms with van der Waals surface area (Å²) >= 11 is 2.87. The van der Waals surface area contributed by atoms with E-state index in [1.54, 1.807) is 22.8 Å². The van der Waals surface area contributed by atoms with Gasteiger partial charge in [-0.25, -0.2) is 4.79 Å². The number of thiophene rings is 2. The highest BCUT2D eigenvalue weighted by molar-refractivity contribution is 7.12. The molecular weight excluding hydrogens is 282 g/mol. The van der Waals surface area contributed by atoms with E-state index in [1.807, 2.05) is 16.8 Å². The summed E-state index contributed by atoms with van der Waals surface area (Å²) in [6.45, 7) is 0.475. The van der Waals surface area contributed by atoms with Gasteiger partial charge in [0, 0.05) is 12.6 Å². The monoisotopic (exact) mass is 293 g/mol. The number of carbonyl (C=O) groups is 2. The summed E-state index contributed by atoms with van der Waals surface area (Å²) in [5.41, 5.74) is 1.67. The van der Waals surface area contributed by atoms with Gasteiger partial charge in [-0.15, -0.1) is 11.3 Å². The highest BCUT2D eigenvalue weighted by Gasteiger charge is 2.11. The van der Waals surface area contributed by atoms with E-state index in [1.165, 1.54) is 17.4 Å². The van der Waals surface area contributed by atoms with Gasteiger partial charge in [-0.3, -0.25) is 4.79 Å². The summed E-state index contributed by atoms with van der Waals surface area (Å²) in [6.07, 6.45) is 2.45. The van der Waals surface area contributed by atoms with Crippen LogP contribution in [-0.4, -0.2) is 17.0 Å². The normalized spacial score (nSPS) is 10.7. The Morgan fingerprint density at radius 1 is 1.32 bits per heavy atom. The molecule has 0 saturated carbocycles. The summed E-state index contributed by atoms with van der Waals surface area (Å²) in [4.78, 5) is 23.0. The van der Waals surface area contributed by atoms with Crippen LogP contribution in [0, 0.1) is 0 Å². The first-order chi connectivity index (χ1) is 9.16. The molecule has 2 rings (SSSR count). The Balaban J connectivity index is 2.03. The first-order valence-electron chi connectivity index (χ1n) is 5.44. The molecule has 19 heavy (non-hydrogen) atoms. The summed E-state index contributed by atoms with van der Waals surface area (Å²) in [7, 11) is 0. The molecule has 4 nitrogen and oxygen atoms in total. The first-order valence-corrected chi connectivity index (χ1v) is 7.27. The SMILES string of the molecule is O=C(O)C=Cc1ccsc1C(=O)NCc1ccsc1. The third kappa shape index (κ3) is 3.77. The second-order valence-electron chi connectivity index (χ2n) is 3.69. The molecule has 0 spiro atoms. The molecule has 0 saturated heterocycles. The van der Waals surface area contributed by atoms with Crippen molar-refractivity contribution in [3.05, 3.63) is 50.4 Å². The summed E-state index contributed by atoms with van der Waals surface area (Å²) in [5.74, 6) is -1.22. The number of hydrogen-bond donors (Lipinski definition) is 2. The lowest BCUT2D eigenvalue weighted by Gasteiger charge is -2.02. The van der Waals surface area contributed by atoms with Crippen LogP contribution in [0.25, 0.3) is 6.08 Å². The lowest BCUT2D eigenvalue weighted by Crippen LogP contribution is -2.22. The van der Waals surface area contributed by atoms with Gasteiger partial charge in [0.25, 0.3) is 5.91 Å². The average molecular weight is 293 g/mol. The number of rotatable bonds is 5. The predicted molar refractivity (Wildman–Crippen MR) is 76.5 cm³/mol. The Bertz CT molecular complexity index is 599. The zero-order valence-corrected chi connectivity index (χ0v) is 11.5. The van der Waals surface area contributed by atoms with Gasteiger partial charge < -0.3 is 10.4 Å². The molecule has 0 radical (unpaired) electrons. The molecule has 0 aliphatic carbocycles. The molecule has 0 unspecified atom stereocenters. The van der Waals surface area contributed by atoms with E-state index in [0.717, 1.165) is 11.6 Å². The Hall–Kier alpha value is -1.92. The van der Waals surface area contributed by atoms with E-state index in [4.69, 9.17) is 5.11 Å². The van der Waals surface area contributed by atoms with Crippen molar-refractivity contribution in [2.75, 3.05) is 0 Å². The largest absolute Gasteiger partial charge is 0.478 e. The molecule has 0 fully saturated rings. The van der Waals surface area contributed by atoms with Gasteiger partial charge in [-0.05, 0) is 45.5 Å². The molecule has 0 atom stereocenters. The summed E-state index contributed by atoms with van der Waals surface area (Å²) < 4.78 is 0. The van der Waals surface area contributed by atoms with Crippen LogP contribution in [-0.2, 0) is 11.3 Å². The van der Waals surface area contributed by atoms with Crippen molar-refractivity contribution in [1.82, 2.24) is 5.32 Å². The van der Waals surface area contributed by atoms with Crippen molar-refractivity contribution in [3.8, 4) is 0 Å². The Labute approximate surface area is 118 Å². The molecule has 0 aliphatic heterocycles. The number of carbonyl (C=O) groups excluding carboxylic acids is 1. The molecule has 2 heterocycles. The van der Waals surface area contributed by atoms with Crippen LogP contribution in [0.2, 0.25) is 0 Å². The molecule has 2 aromatic heterocycles. The smallest absolute Gasteiger partial charge is 0.328 e. The van der Waals surface area contributed by atoms with Crippen LogP contribution >= 0.6 is 22.7 Å². The molecule has 2 aromatic rings. The maximum atomic E-state index is 12.0. The lowest BCUT2D eigenvalue weighted by atomic mass is 10.2. The molecule has 1 amide bonds. The Morgan fingerprint density at radius 3 is 2.84 bits per heavy atom. The minimum Gasteiger partial charge on any atom is -0.478 e. The topological polar surface area (TPSA) is 66.4 Å². The minimum absolute atomic E-state index is 0.189. The van der Waals surface area contributed by atoms with Crippen LogP contribution in [0.4, 0.5) is 0 Å². The van der Waals surface area contributed by atoms with Crippen LogP contribution in [0.5, 0.6) is 0 Å². The second-order valence-corrected chi connectivity index (χ2v) is 5.39. The summed E-state index contributed by atoms with van der Waals surface area (Å²) in [5, 5.41) is 17.1. The van der Waals surface area contributed by atoms with Gasteiger partial charge in [0.1, 0.15) is 0 Å². The maximum absolute atomic E-state index is 12.0. The van der Waals surface area contributed by atoms with Crippen LogP contribution in [0.3, 0.4) is 0 Å². The molecule has 2 N–H and O–H groups in total. The number of amides is 1. The van der Waals surface area contributed by atoms with Gasteiger partial charge in [0.15, 0.2) is 0 Å². The molecule has 6 heteroatoms. The number of carboxylic acid groups (broad SMARTS) is 1. The van der Waals surface area contributed by atoms with Crippen LogP contribution < -0.4 is 5.32 Å². The molecule has 0 aromatic carbocycles. The third-order valence-electron chi connectivity index (χ3n) is 2.34. The number of aliphatic carboxylic acids is 1. The molecular formula is C13H11NO3S2. The van der Waals surface area contributed by atoms with Gasteiger partial charge in [-0.1, -0.05) is 0 Å². The van der Waals surface area contributed by atoms with E-state index in [9.17, 15) is 9.59 Å². The highest BCUT2D eigenvalue weighted by atomic mass is 32.1. The zero-order valence-electron chi connectivity index (χ0n) is 9.83. The van der Waals surface area contributed by atoms with Crippen molar-refractivity contribution in [2.24, 2.45) is 0 Å². The van der Waals surface area contributed by atoms with Crippen molar-refractivity contribution >= 4 is 40.6 Å². The fraction of sp³-hybridized carbons (Fsp3) is 0.0769. The Morgan fingerprint density at radius 2 is 2.16 bits per heavy atom. The van der Waals surface area contributed by atoms with E-state index in [-0.39, 0.29) is 5.91 Å². The standard InChI is InChI=1S/C13H11NO3S2/c15-11(16)2-1-10-4-6-19-12(10)13(17)14-7-9-3-5-18-8-9/h1-6,8H,7H2,(H,14,17)(H,15,16). The predicted octanol–water partition coefficient (Wildman–Crippen LogP) is 2.84. The minimum atomic E-state index is -1.03. The first kappa shape index (κ1) is 13.5. The van der Waals surface area contributed by atoms with Crippen molar-refractivity contribution < 1.29 is 14.7 Å². The molecule has 98 valence electrons.